The van der Waals surface area contributed by atoms with E-state index in [4.69, 9.17) is 9.47 Å². The molecule has 1 saturated heterocycles. The third-order valence-electron chi connectivity index (χ3n) is 4.77. The molecule has 1 amide bonds. The maximum atomic E-state index is 14.3. The van der Waals surface area contributed by atoms with E-state index in [1.807, 2.05) is 30.3 Å². The van der Waals surface area contributed by atoms with Gasteiger partial charge in [0.25, 0.3) is 5.91 Å². The lowest BCUT2D eigenvalue weighted by molar-refractivity contribution is -0.133. The first kappa shape index (κ1) is 22.9. The van der Waals surface area contributed by atoms with Crippen LogP contribution >= 0.6 is 0 Å². The summed E-state index contributed by atoms with van der Waals surface area (Å²) < 4.78 is 51.0. The quantitative estimate of drug-likeness (QED) is 0.596. The average Bonchev–Trinajstić information content (AvgIpc) is 2.78. The number of nitrogens with zero attached hydrogens (tertiary/aromatic N) is 2. The van der Waals surface area contributed by atoms with Crippen LogP contribution in [0.2, 0.25) is 0 Å². The summed E-state index contributed by atoms with van der Waals surface area (Å²) in [6.07, 6.45) is 0. The van der Waals surface area contributed by atoms with Crippen molar-refractivity contribution >= 4 is 21.9 Å². The van der Waals surface area contributed by atoms with Crippen LogP contribution in [0.25, 0.3) is 0 Å². The molecule has 0 aromatic heterocycles. The van der Waals surface area contributed by atoms with Crippen molar-refractivity contribution in [1.82, 2.24) is 9.21 Å². The van der Waals surface area contributed by atoms with Crippen molar-refractivity contribution < 1.29 is 31.9 Å². The van der Waals surface area contributed by atoms with Crippen LogP contribution in [0.15, 0.2) is 53.4 Å². The summed E-state index contributed by atoms with van der Waals surface area (Å²) in [6, 6.07) is 12.2. The predicted octanol–water partition coefficient (Wildman–Crippen LogP) is 1.66. The minimum atomic E-state index is -4.13. The molecule has 0 N–H and O–H groups in total. The van der Waals surface area contributed by atoms with Crippen molar-refractivity contribution in [2.45, 2.75) is 11.4 Å². The van der Waals surface area contributed by atoms with Gasteiger partial charge in [-0.2, -0.15) is 4.31 Å². The molecule has 0 radical (unpaired) electrons. The van der Waals surface area contributed by atoms with E-state index in [0.29, 0.717) is 6.54 Å². The summed E-state index contributed by atoms with van der Waals surface area (Å²) in [5.41, 5.74) is 0.757. The lowest BCUT2D eigenvalue weighted by Crippen LogP contribution is -2.41. The molecule has 10 heteroatoms. The van der Waals surface area contributed by atoms with Crippen LogP contribution in [0.1, 0.15) is 15.9 Å². The summed E-state index contributed by atoms with van der Waals surface area (Å²) in [5, 5.41) is 0. The number of morpholine rings is 1. The van der Waals surface area contributed by atoms with Gasteiger partial charge in [-0.25, -0.2) is 17.6 Å². The summed E-state index contributed by atoms with van der Waals surface area (Å²) in [4.78, 5) is 25.4. The molecule has 1 aliphatic heterocycles. The van der Waals surface area contributed by atoms with Gasteiger partial charge >= 0.3 is 5.97 Å². The van der Waals surface area contributed by atoms with Gasteiger partial charge in [-0.3, -0.25) is 4.79 Å². The molecule has 0 unspecified atom stereocenters. The number of rotatable bonds is 7. The lowest BCUT2D eigenvalue weighted by atomic mass is 10.2. The minimum absolute atomic E-state index is 0.0959. The molecule has 1 aliphatic rings. The first-order valence-electron chi connectivity index (χ1n) is 9.61. The second kappa shape index (κ2) is 9.99. The van der Waals surface area contributed by atoms with Crippen molar-refractivity contribution in [3.8, 4) is 0 Å². The van der Waals surface area contributed by atoms with E-state index in [-0.39, 0.29) is 31.9 Å². The van der Waals surface area contributed by atoms with E-state index in [1.54, 1.807) is 7.05 Å². The summed E-state index contributed by atoms with van der Waals surface area (Å²) in [7, 11) is -2.56. The van der Waals surface area contributed by atoms with Crippen LogP contribution in [-0.2, 0) is 30.8 Å². The van der Waals surface area contributed by atoms with Gasteiger partial charge in [0.05, 0.1) is 18.8 Å². The van der Waals surface area contributed by atoms with Crippen molar-refractivity contribution in [2.24, 2.45) is 0 Å². The van der Waals surface area contributed by atoms with Crippen LogP contribution in [0.3, 0.4) is 0 Å². The topological polar surface area (TPSA) is 93.2 Å². The number of amides is 1. The fraction of sp³-hybridized carbons (Fsp3) is 0.333. The number of halogens is 1. The van der Waals surface area contributed by atoms with Crippen LogP contribution < -0.4 is 0 Å². The molecular weight excluding hydrogens is 427 g/mol. The Kier molecular flexibility index (Phi) is 7.37. The van der Waals surface area contributed by atoms with Gasteiger partial charge in [0.2, 0.25) is 10.0 Å². The van der Waals surface area contributed by atoms with E-state index < -0.39 is 39.2 Å². The zero-order chi connectivity index (χ0) is 22.4. The van der Waals surface area contributed by atoms with Gasteiger partial charge in [0.15, 0.2) is 6.61 Å². The van der Waals surface area contributed by atoms with E-state index >= 15 is 0 Å². The SMILES string of the molecule is CN(Cc1ccccc1)C(=O)COC(=O)c1ccc(F)c(S(=O)(=O)N2CCOCC2)c1. The molecule has 0 saturated carbocycles. The number of ether oxygens (including phenoxy) is 2. The third-order valence-corrected chi connectivity index (χ3v) is 6.68. The molecule has 2 aromatic carbocycles. The van der Waals surface area contributed by atoms with Gasteiger partial charge in [-0.1, -0.05) is 30.3 Å². The van der Waals surface area contributed by atoms with Gasteiger partial charge in [0, 0.05) is 26.7 Å². The summed E-state index contributed by atoms with van der Waals surface area (Å²) in [5.74, 6) is -2.32. The normalized spacial score (nSPS) is 14.8. The highest BCUT2D eigenvalue weighted by Gasteiger charge is 2.30. The van der Waals surface area contributed by atoms with Crippen molar-refractivity contribution in [3.63, 3.8) is 0 Å². The molecule has 0 atom stereocenters. The van der Waals surface area contributed by atoms with E-state index in [2.05, 4.69) is 0 Å². The van der Waals surface area contributed by atoms with Gasteiger partial charge in [-0.05, 0) is 23.8 Å². The number of esters is 1. The lowest BCUT2D eigenvalue weighted by Gasteiger charge is -2.26. The van der Waals surface area contributed by atoms with Crippen LogP contribution in [0.4, 0.5) is 4.39 Å². The monoisotopic (exact) mass is 450 g/mol. The largest absolute Gasteiger partial charge is 0.452 e. The van der Waals surface area contributed by atoms with E-state index in [9.17, 15) is 22.4 Å². The van der Waals surface area contributed by atoms with Gasteiger partial charge < -0.3 is 14.4 Å². The zero-order valence-electron chi connectivity index (χ0n) is 17.0. The molecular formula is C21H23FN2O6S. The standard InChI is InChI=1S/C21H23FN2O6S/c1-23(14-16-5-3-2-4-6-16)20(25)15-30-21(26)17-7-8-18(22)19(13-17)31(27,28)24-9-11-29-12-10-24/h2-8,13H,9-12,14-15H2,1H3. The Morgan fingerprint density at radius 3 is 2.48 bits per heavy atom. The molecule has 2 aromatic rings. The van der Waals surface area contributed by atoms with Gasteiger partial charge in [0.1, 0.15) is 10.7 Å². The highest BCUT2D eigenvalue weighted by Crippen LogP contribution is 2.22. The molecule has 8 nitrogen and oxygen atoms in total. The smallest absolute Gasteiger partial charge is 0.338 e. The van der Waals surface area contributed by atoms with E-state index in [1.165, 1.54) is 4.90 Å². The molecule has 0 aliphatic carbocycles. The number of carbonyl (C=O) groups excluding carboxylic acids is 2. The number of likely N-dealkylation sites (N-methyl/N-ethyl adjacent to an activating group) is 1. The molecule has 31 heavy (non-hydrogen) atoms. The predicted molar refractivity (Wildman–Crippen MR) is 109 cm³/mol. The molecule has 3 rings (SSSR count). The maximum Gasteiger partial charge on any atom is 0.338 e. The minimum Gasteiger partial charge on any atom is -0.452 e. The molecule has 1 fully saturated rings. The first-order chi connectivity index (χ1) is 14.8. The fourth-order valence-electron chi connectivity index (χ4n) is 3.02. The van der Waals surface area contributed by atoms with Crippen LogP contribution in [-0.4, -0.2) is 69.5 Å². The summed E-state index contributed by atoms with van der Waals surface area (Å²) in [6.45, 7) is 0.431. The second-order valence-electron chi connectivity index (χ2n) is 6.97. The number of sulfonamides is 1. The number of carbonyl (C=O) groups is 2. The highest BCUT2D eigenvalue weighted by atomic mass is 32.2. The van der Waals surface area contributed by atoms with Crippen molar-refractivity contribution in [3.05, 3.63) is 65.5 Å². The third kappa shape index (κ3) is 5.66. The Hall–Kier alpha value is -2.82. The molecule has 0 spiro atoms. The Bertz CT molecular complexity index is 1040. The average molecular weight is 450 g/mol. The van der Waals surface area contributed by atoms with Crippen molar-refractivity contribution in [1.29, 1.82) is 0 Å². The van der Waals surface area contributed by atoms with Gasteiger partial charge in [-0.15, -0.1) is 0 Å². The summed E-state index contributed by atoms with van der Waals surface area (Å²) >= 11 is 0. The van der Waals surface area contributed by atoms with Crippen LogP contribution in [0, 0.1) is 5.82 Å². The molecule has 0 bridgehead atoms. The zero-order valence-corrected chi connectivity index (χ0v) is 17.8. The highest BCUT2D eigenvalue weighted by molar-refractivity contribution is 7.89. The van der Waals surface area contributed by atoms with Crippen LogP contribution in [0.5, 0.6) is 0 Å². The fourth-order valence-corrected chi connectivity index (χ4v) is 4.52. The first-order valence-corrected chi connectivity index (χ1v) is 11.1. The second-order valence-corrected chi connectivity index (χ2v) is 8.88. The van der Waals surface area contributed by atoms with Crippen molar-refractivity contribution in [2.75, 3.05) is 40.0 Å². The molecule has 166 valence electrons. The Labute approximate surface area is 180 Å². The Balaban J connectivity index is 1.65. The maximum absolute atomic E-state index is 14.3. The number of hydrogen-bond donors (Lipinski definition) is 0. The Morgan fingerprint density at radius 2 is 1.81 bits per heavy atom. The Morgan fingerprint density at radius 1 is 1.13 bits per heavy atom. The number of hydrogen-bond acceptors (Lipinski definition) is 6. The van der Waals surface area contributed by atoms with E-state index in [0.717, 1.165) is 28.1 Å². The molecule has 1 heterocycles. The number of benzene rings is 2.